The Kier molecular flexibility index (Phi) is 30.5. The van der Waals surface area contributed by atoms with E-state index in [4.69, 9.17) is 81.5 Å². The maximum atomic E-state index is 12.8. The van der Waals surface area contributed by atoms with Crippen molar-refractivity contribution in [3.63, 3.8) is 0 Å². The molecule has 760 valence electrons. The molecule has 9 aliphatic rings. The Morgan fingerprint density at radius 3 is 1.02 bits per heavy atom. The number of anilines is 10. The van der Waals surface area contributed by atoms with Crippen LogP contribution in [0.3, 0.4) is 0 Å². The standard InChI is InChI=1S/C31H37N9O4.C27H29N7O4.C23H30N6O4.C20H29N5O3S/c1-37-13-15-39(16-14-37)29(41)21-4-6-22(7-5-21)33-31(42)34-23-8-11-40(12-9-23)30-35-25-24-3-2-10-32-28(24)44-26(25)27(36-30)38-17-19-43-20-18-38;1-17(35)18-4-6-19(7-5-18)29-27(36)30-20-8-11-34(12-9-20)26-31-22-21-3-2-10-28-25(21)38-23(22)24(32-26)33-13-15-37-16-14-33;1-23(2,3)33-22(30)25-15-6-9-29(10-7-15)21-26-17-16-5-4-8-24-20(16)32-18(17)19(27-21)28-11-13-31-14-12-28;1-20(2,3)28-19(26)21-14-4-7-25(8-5-14)18-22-15-6-13-29-16(15)17(23-18)24-9-11-27-12-10-24/h2-7,10,23H,8-9,11-20H2,1H3,(H2,33,34,42);2-7,10,20H,8-9,11-16H2,1H3,(H2,29,30,36);4-5,8,15H,6-7,9-14H2,1-3H3,(H,25,30);6,13-14H,4-5,7-12H2,1-3H3,(H,21,26). The number of piperazine rings is 1. The number of nitrogens with zero attached hydrogens (tertiary/aromatic N) is 21. The fourth-order valence-electron chi connectivity index (χ4n) is 18.9. The average Bonchev–Trinajstić information content (AvgIpc) is 1.60. The van der Waals surface area contributed by atoms with Gasteiger partial charge in [-0.15, -0.1) is 11.3 Å². The van der Waals surface area contributed by atoms with Gasteiger partial charge < -0.3 is 123 Å². The van der Waals surface area contributed by atoms with Gasteiger partial charge in [-0.2, -0.15) is 19.9 Å². The van der Waals surface area contributed by atoms with E-state index in [0.717, 1.165) is 241 Å². The summed E-state index contributed by atoms with van der Waals surface area (Å²) in [5, 5.41) is 22.6. The number of morpholine rings is 4. The summed E-state index contributed by atoms with van der Waals surface area (Å²) in [6.07, 6.45) is 10.7. The van der Waals surface area contributed by atoms with Crippen LogP contribution in [0.15, 0.2) is 128 Å². The number of pyridine rings is 3. The van der Waals surface area contributed by atoms with Gasteiger partial charge in [0.2, 0.25) is 40.9 Å². The molecule has 20 heterocycles. The molecule has 6 N–H and O–H groups in total. The number of ketones is 1. The highest BCUT2D eigenvalue weighted by atomic mass is 32.1. The molecule has 43 heteroatoms. The van der Waals surface area contributed by atoms with Gasteiger partial charge in [-0.05, 0) is 203 Å². The number of piperidine rings is 4. The summed E-state index contributed by atoms with van der Waals surface area (Å²) in [6.45, 7) is 33.3. The molecule has 0 atom stereocenters. The van der Waals surface area contributed by atoms with Crippen LogP contribution in [0.2, 0.25) is 0 Å². The molecule has 13 aromatic rings. The number of nitrogens with one attached hydrogen (secondary N) is 6. The second kappa shape index (κ2) is 44.5. The summed E-state index contributed by atoms with van der Waals surface area (Å²) in [5.74, 6) is 6.09. The third-order valence-electron chi connectivity index (χ3n) is 26.7. The minimum absolute atomic E-state index is 0.00872. The van der Waals surface area contributed by atoms with E-state index in [2.05, 4.69) is 109 Å². The van der Waals surface area contributed by atoms with Crippen LogP contribution < -0.4 is 71.1 Å². The highest BCUT2D eigenvalue weighted by Crippen LogP contribution is 2.41. The first-order valence-corrected chi connectivity index (χ1v) is 50.8. The van der Waals surface area contributed by atoms with Gasteiger partial charge in [0.25, 0.3) is 5.91 Å². The van der Waals surface area contributed by atoms with Crippen LogP contribution in [0, 0.1) is 0 Å². The summed E-state index contributed by atoms with van der Waals surface area (Å²) in [7, 11) is 2.06. The van der Waals surface area contributed by atoms with Gasteiger partial charge in [-0.25, -0.2) is 54.1 Å². The Hall–Kier alpha value is -14.0. The number of carbonyl (C=O) groups is 6. The Labute approximate surface area is 836 Å². The zero-order valence-electron chi connectivity index (χ0n) is 82.7. The maximum absolute atomic E-state index is 12.8. The number of hydrogen-bond donors (Lipinski definition) is 6. The summed E-state index contributed by atoms with van der Waals surface area (Å²) in [6, 6.07) is 27.3. The number of fused-ring (bicyclic) bond motifs is 10. The van der Waals surface area contributed by atoms with E-state index in [-0.39, 0.29) is 60.1 Å². The van der Waals surface area contributed by atoms with Gasteiger partial charge in [0.1, 0.15) is 27.8 Å². The zero-order valence-corrected chi connectivity index (χ0v) is 83.5. The number of thiophene rings is 1. The molecule has 11 aromatic heterocycles. The van der Waals surface area contributed by atoms with Gasteiger partial charge >= 0.3 is 24.2 Å². The van der Waals surface area contributed by atoms with Crippen molar-refractivity contribution in [2.24, 2.45) is 0 Å². The van der Waals surface area contributed by atoms with Crippen LogP contribution in [-0.2, 0) is 28.4 Å². The number of aromatic nitrogens is 11. The van der Waals surface area contributed by atoms with E-state index in [9.17, 15) is 28.8 Å². The Bertz CT molecular complexity index is 6670. The number of alkyl carbamates (subject to hydrolysis) is 2. The SMILES string of the molecule is CC(=O)c1ccc(NC(=O)NC2CCN(c3nc(N4CCOCC4)c4oc5ncccc5c4n3)CC2)cc1.CC(C)(C)OC(=O)NC1CCN(c2nc(N3CCOCC3)c3oc4ncccc4c3n2)CC1.CC(C)(C)OC(=O)NC1CCN(c2nc(N3CCOCC3)c3sccc3n2)CC1.CN1CCN(C(=O)c2ccc(NC(=O)NC3CCN(c4nc(N5CCOCC5)c5oc6ncccc6c5n4)CC3)cc2)CC1. The highest BCUT2D eigenvalue weighted by molar-refractivity contribution is 7.17. The zero-order chi connectivity index (χ0) is 99.5. The third kappa shape index (κ3) is 24.0. The maximum Gasteiger partial charge on any atom is 0.407 e. The fourth-order valence-corrected chi connectivity index (χ4v) is 19.8. The number of hydrogen-bond acceptors (Lipinski definition) is 36. The number of amides is 7. The molecule has 0 spiro atoms. The molecule has 42 nitrogen and oxygen atoms in total. The first-order chi connectivity index (χ1) is 69.8. The van der Waals surface area contributed by atoms with Crippen LogP contribution in [0.1, 0.15) is 121 Å². The molecular formula is C101H125N27O15S. The predicted molar refractivity (Wildman–Crippen MR) is 551 cm³/mol. The molecule has 9 saturated heterocycles. The highest BCUT2D eigenvalue weighted by Gasteiger charge is 2.36. The van der Waals surface area contributed by atoms with Gasteiger partial charge in [0.15, 0.2) is 45.8 Å². The minimum atomic E-state index is -0.508. The molecule has 0 bridgehead atoms. The van der Waals surface area contributed by atoms with Gasteiger partial charge in [0, 0.05) is 196 Å². The van der Waals surface area contributed by atoms with E-state index in [1.165, 1.54) is 6.92 Å². The third-order valence-corrected chi connectivity index (χ3v) is 27.6. The van der Waals surface area contributed by atoms with Crippen LogP contribution in [0.5, 0.6) is 0 Å². The van der Waals surface area contributed by atoms with Gasteiger partial charge in [-0.3, -0.25) is 9.59 Å². The lowest BCUT2D eigenvalue weighted by atomic mass is 10.1. The summed E-state index contributed by atoms with van der Waals surface area (Å²) >= 11 is 1.69. The topological polar surface area (TPSA) is 444 Å². The van der Waals surface area contributed by atoms with E-state index < -0.39 is 11.2 Å². The first-order valence-electron chi connectivity index (χ1n) is 49.9. The number of ether oxygens (including phenoxy) is 6. The lowest BCUT2D eigenvalue weighted by Crippen LogP contribution is -2.47. The number of Topliss-reactive ketones (excluding diaryl/α,β-unsaturated/α-hetero) is 1. The van der Waals surface area contributed by atoms with E-state index in [0.29, 0.717) is 140 Å². The Balaban J connectivity index is 0.000000123. The Morgan fingerprint density at radius 2 is 0.681 bits per heavy atom. The number of carbonyl (C=O) groups excluding carboxylic acids is 6. The molecule has 0 unspecified atom stereocenters. The molecule has 144 heavy (non-hydrogen) atoms. The van der Waals surface area contributed by atoms with E-state index in [1.54, 1.807) is 78.5 Å². The number of rotatable bonds is 16. The number of likely N-dealkylation sites (N-methyl/N-ethyl adjacent to an activating group) is 1. The van der Waals surface area contributed by atoms with E-state index in [1.807, 2.05) is 82.8 Å². The summed E-state index contributed by atoms with van der Waals surface area (Å²) in [4.78, 5) is 148. The van der Waals surface area contributed by atoms with Crippen molar-refractivity contribution >= 4 is 183 Å². The molecule has 9 aliphatic heterocycles. The average molecular weight is 1990 g/mol. The molecule has 0 saturated carbocycles. The number of furan rings is 3. The van der Waals surface area contributed by atoms with Crippen LogP contribution in [0.25, 0.3) is 76.8 Å². The van der Waals surface area contributed by atoms with Crippen molar-refractivity contribution in [2.45, 2.75) is 135 Å². The minimum Gasteiger partial charge on any atom is -0.444 e. The first kappa shape index (κ1) is 98.8. The van der Waals surface area contributed by atoms with Crippen molar-refractivity contribution in [3.05, 3.63) is 126 Å². The molecular weight excluding hydrogens is 1860 g/mol. The van der Waals surface area contributed by atoms with Crippen LogP contribution >= 0.6 is 11.3 Å². The van der Waals surface area contributed by atoms with Crippen LogP contribution in [-0.4, -0.2) is 327 Å². The molecule has 22 rings (SSSR count). The molecule has 0 radical (unpaired) electrons. The van der Waals surface area contributed by atoms with Crippen molar-refractivity contribution in [1.29, 1.82) is 0 Å². The van der Waals surface area contributed by atoms with Crippen LogP contribution in [0.4, 0.5) is 77.6 Å². The smallest absolute Gasteiger partial charge is 0.407 e. The normalized spacial score (nSPS) is 18.0. The number of urea groups is 2. The summed E-state index contributed by atoms with van der Waals surface area (Å²) < 4.78 is 52.3. The lowest BCUT2D eigenvalue weighted by Gasteiger charge is -2.34. The second-order valence-electron chi connectivity index (χ2n) is 39.2. The molecule has 2 aromatic carbocycles. The van der Waals surface area contributed by atoms with Gasteiger partial charge in [0.05, 0.1) is 79.2 Å². The quantitative estimate of drug-likeness (QED) is 0.0489. The van der Waals surface area contributed by atoms with Crippen molar-refractivity contribution in [1.82, 2.24) is 85.9 Å². The van der Waals surface area contributed by atoms with Crippen molar-refractivity contribution in [2.75, 3.05) is 241 Å². The Morgan fingerprint density at radius 1 is 0.361 bits per heavy atom. The van der Waals surface area contributed by atoms with E-state index >= 15 is 0 Å². The fraction of sp³-hybridized carbons (Fsp3) is 0.495. The largest absolute Gasteiger partial charge is 0.444 e. The monoisotopic (exact) mass is 1990 g/mol. The molecule has 7 amide bonds. The number of benzene rings is 2. The lowest BCUT2D eigenvalue weighted by molar-refractivity contribution is 0.0485. The van der Waals surface area contributed by atoms with Crippen molar-refractivity contribution < 1.29 is 70.4 Å². The predicted octanol–water partition coefficient (Wildman–Crippen LogP) is 12.5. The molecule has 9 fully saturated rings. The van der Waals surface area contributed by atoms with Crippen molar-refractivity contribution in [3.8, 4) is 0 Å². The molecule has 0 aliphatic carbocycles. The second-order valence-corrected chi connectivity index (χ2v) is 40.1. The van der Waals surface area contributed by atoms with Gasteiger partial charge in [-0.1, -0.05) is 0 Å². The summed E-state index contributed by atoms with van der Waals surface area (Å²) in [5.41, 5.74) is 8.45.